The van der Waals surface area contributed by atoms with Gasteiger partial charge < -0.3 is 16.6 Å². The first-order chi connectivity index (χ1) is 12.1. The fourth-order valence-electron chi connectivity index (χ4n) is 3.95. The third kappa shape index (κ3) is 3.13. The summed E-state index contributed by atoms with van der Waals surface area (Å²) in [5.74, 6) is -0.514. The Labute approximate surface area is 153 Å². The van der Waals surface area contributed by atoms with Crippen LogP contribution in [-0.4, -0.2) is 28.7 Å². The highest BCUT2D eigenvalue weighted by atomic mass is 16.4. The molecular formula is C19H27N5O2. The highest BCUT2D eigenvalue weighted by molar-refractivity contribution is 6.06. The molecule has 0 aromatic heterocycles. The van der Waals surface area contributed by atoms with Gasteiger partial charge in [0.1, 0.15) is 5.66 Å². The van der Waals surface area contributed by atoms with Gasteiger partial charge in [0, 0.05) is 0 Å². The van der Waals surface area contributed by atoms with Gasteiger partial charge in [-0.2, -0.15) is 4.99 Å². The number of carboxylic acid groups (broad SMARTS) is 1. The van der Waals surface area contributed by atoms with E-state index < -0.39 is 11.6 Å². The van der Waals surface area contributed by atoms with E-state index in [0.717, 1.165) is 43.4 Å². The van der Waals surface area contributed by atoms with Crippen LogP contribution in [0.3, 0.4) is 0 Å². The molecule has 2 aliphatic rings. The molecule has 0 atom stereocenters. The quantitative estimate of drug-likeness (QED) is 0.752. The molecule has 1 saturated carbocycles. The Morgan fingerprint density at radius 1 is 1.19 bits per heavy atom. The maximum atomic E-state index is 11.6. The summed E-state index contributed by atoms with van der Waals surface area (Å²) in [6, 6.07) is 5.18. The molecule has 1 aliphatic heterocycles. The van der Waals surface area contributed by atoms with Gasteiger partial charge >= 0.3 is 5.97 Å². The summed E-state index contributed by atoms with van der Waals surface area (Å²) < 4.78 is 0. The molecule has 3 rings (SSSR count). The predicted molar refractivity (Wildman–Crippen MR) is 104 cm³/mol. The van der Waals surface area contributed by atoms with Crippen LogP contribution in [0.1, 0.15) is 68.8 Å². The SMILES string of the molecule is CC(C)(C)c1ccc(C(=O)O)cc1N1C(N)=NC(N)=NC12CCCCC2. The molecule has 1 aliphatic carbocycles. The molecule has 1 aromatic carbocycles. The number of guanidine groups is 2. The van der Waals surface area contributed by atoms with Crippen LogP contribution in [0.5, 0.6) is 0 Å². The van der Waals surface area contributed by atoms with Crippen molar-refractivity contribution in [1.29, 1.82) is 0 Å². The number of nitrogens with zero attached hydrogens (tertiary/aromatic N) is 3. The van der Waals surface area contributed by atoms with Crippen LogP contribution < -0.4 is 16.4 Å². The fraction of sp³-hybridized carbons (Fsp3) is 0.526. The van der Waals surface area contributed by atoms with Crippen LogP contribution in [0.4, 0.5) is 5.69 Å². The van der Waals surface area contributed by atoms with Crippen molar-refractivity contribution in [1.82, 2.24) is 0 Å². The van der Waals surface area contributed by atoms with Gasteiger partial charge in [-0.05, 0) is 48.8 Å². The van der Waals surface area contributed by atoms with Crippen molar-refractivity contribution in [2.75, 3.05) is 4.90 Å². The summed E-state index contributed by atoms with van der Waals surface area (Å²) >= 11 is 0. The van der Waals surface area contributed by atoms with E-state index in [1.54, 1.807) is 12.1 Å². The normalized spacial score (nSPS) is 19.9. The molecule has 7 nitrogen and oxygen atoms in total. The molecule has 26 heavy (non-hydrogen) atoms. The van der Waals surface area contributed by atoms with E-state index in [0.29, 0.717) is 0 Å². The van der Waals surface area contributed by atoms with Crippen LogP contribution in [0.15, 0.2) is 28.2 Å². The topological polar surface area (TPSA) is 117 Å². The first-order valence-corrected chi connectivity index (χ1v) is 9.02. The zero-order chi connectivity index (χ0) is 19.1. The molecule has 0 saturated heterocycles. The Kier molecular flexibility index (Phi) is 4.42. The average Bonchev–Trinajstić information content (AvgIpc) is 2.53. The molecule has 7 heteroatoms. The zero-order valence-electron chi connectivity index (χ0n) is 15.6. The number of hydrogen-bond donors (Lipinski definition) is 3. The van der Waals surface area contributed by atoms with E-state index in [-0.39, 0.29) is 22.9 Å². The van der Waals surface area contributed by atoms with Gasteiger partial charge in [-0.1, -0.05) is 33.3 Å². The second kappa shape index (κ2) is 6.30. The lowest BCUT2D eigenvalue weighted by Gasteiger charge is -2.47. The van der Waals surface area contributed by atoms with Crippen molar-refractivity contribution in [3.05, 3.63) is 29.3 Å². The Morgan fingerprint density at radius 2 is 1.85 bits per heavy atom. The third-order valence-electron chi connectivity index (χ3n) is 5.15. The Hall–Kier alpha value is -2.57. The maximum absolute atomic E-state index is 11.6. The predicted octanol–water partition coefficient (Wildman–Crippen LogP) is 2.79. The second-order valence-electron chi connectivity index (χ2n) is 8.11. The monoisotopic (exact) mass is 357 g/mol. The van der Waals surface area contributed by atoms with E-state index >= 15 is 0 Å². The number of carboxylic acids is 1. The lowest BCUT2D eigenvalue weighted by Crippen LogP contribution is -2.58. The summed E-state index contributed by atoms with van der Waals surface area (Å²) in [6.45, 7) is 6.28. The summed E-state index contributed by atoms with van der Waals surface area (Å²) in [5.41, 5.74) is 13.4. The number of aliphatic imine (C=N–C) groups is 2. The van der Waals surface area contributed by atoms with Gasteiger partial charge in [-0.15, -0.1) is 0 Å². The van der Waals surface area contributed by atoms with E-state index in [1.165, 1.54) is 0 Å². The molecule has 0 bridgehead atoms. The summed E-state index contributed by atoms with van der Waals surface area (Å²) in [5, 5.41) is 9.48. The van der Waals surface area contributed by atoms with Crippen LogP contribution in [0, 0.1) is 0 Å². The van der Waals surface area contributed by atoms with Gasteiger partial charge in [-0.3, -0.25) is 4.90 Å². The van der Waals surface area contributed by atoms with Crippen LogP contribution in [0.25, 0.3) is 0 Å². The number of anilines is 1. The molecule has 1 aromatic rings. The highest BCUT2D eigenvalue weighted by Crippen LogP contribution is 2.43. The van der Waals surface area contributed by atoms with Crippen molar-refractivity contribution >= 4 is 23.6 Å². The molecule has 140 valence electrons. The molecule has 1 heterocycles. The molecular weight excluding hydrogens is 330 g/mol. The fourth-order valence-corrected chi connectivity index (χ4v) is 3.95. The van der Waals surface area contributed by atoms with Crippen molar-refractivity contribution < 1.29 is 9.90 Å². The minimum absolute atomic E-state index is 0.187. The third-order valence-corrected chi connectivity index (χ3v) is 5.15. The van der Waals surface area contributed by atoms with E-state index in [2.05, 4.69) is 30.8 Å². The van der Waals surface area contributed by atoms with E-state index in [1.807, 2.05) is 11.0 Å². The largest absolute Gasteiger partial charge is 0.478 e. The van der Waals surface area contributed by atoms with Crippen LogP contribution in [-0.2, 0) is 5.41 Å². The zero-order valence-corrected chi connectivity index (χ0v) is 15.6. The maximum Gasteiger partial charge on any atom is 0.335 e. The van der Waals surface area contributed by atoms with Gasteiger partial charge in [-0.25, -0.2) is 9.79 Å². The molecule has 5 N–H and O–H groups in total. The number of benzene rings is 1. The summed E-state index contributed by atoms with van der Waals surface area (Å²) in [4.78, 5) is 22.4. The van der Waals surface area contributed by atoms with Crippen molar-refractivity contribution in [3.8, 4) is 0 Å². The number of nitrogens with two attached hydrogens (primary N) is 2. The lowest BCUT2D eigenvalue weighted by molar-refractivity contribution is 0.0696. The number of rotatable bonds is 2. The van der Waals surface area contributed by atoms with E-state index in [4.69, 9.17) is 11.5 Å². The molecule has 1 spiro atoms. The minimum Gasteiger partial charge on any atom is -0.478 e. The van der Waals surface area contributed by atoms with E-state index in [9.17, 15) is 9.90 Å². The molecule has 1 fully saturated rings. The molecule has 0 radical (unpaired) electrons. The second-order valence-corrected chi connectivity index (χ2v) is 8.11. The number of aromatic carboxylic acids is 1. The Balaban J connectivity index is 2.23. The molecule has 0 amide bonds. The molecule has 0 unspecified atom stereocenters. The van der Waals surface area contributed by atoms with Crippen molar-refractivity contribution in [3.63, 3.8) is 0 Å². The van der Waals surface area contributed by atoms with Crippen molar-refractivity contribution in [2.45, 2.75) is 64.0 Å². The first-order valence-electron chi connectivity index (χ1n) is 9.02. The minimum atomic E-state index is -0.972. The first kappa shape index (κ1) is 18.2. The smallest absolute Gasteiger partial charge is 0.335 e. The average molecular weight is 357 g/mol. The lowest BCUT2D eigenvalue weighted by atomic mass is 9.82. The Morgan fingerprint density at radius 3 is 2.42 bits per heavy atom. The summed E-state index contributed by atoms with van der Waals surface area (Å²) in [7, 11) is 0. The van der Waals surface area contributed by atoms with Crippen LogP contribution in [0.2, 0.25) is 0 Å². The van der Waals surface area contributed by atoms with Gasteiger partial charge in [0.15, 0.2) is 0 Å². The van der Waals surface area contributed by atoms with Gasteiger partial charge in [0.05, 0.1) is 11.3 Å². The number of hydrogen-bond acceptors (Lipinski definition) is 6. The highest BCUT2D eigenvalue weighted by Gasteiger charge is 2.44. The van der Waals surface area contributed by atoms with Gasteiger partial charge in [0.25, 0.3) is 0 Å². The van der Waals surface area contributed by atoms with Gasteiger partial charge in [0.2, 0.25) is 11.9 Å². The van der Waals surface area contributed by atoms with Crippen LogP contribution >= 0.6 is 0 Å². The number of carbonyl (C=O) groups is 1. The standard InChI is InChI=1S/C19H27N5O2/c1-18(2,3)13-8-7-12(15(25)26)11-14(13)24-17(21)22-16(20)23-19(24)9-5-4-6-10-19/h7-8,11H,4-6,9-10H2,1-3H3,(H,25,26)(H4,20,21,22,23). The summed E-state index contributed by atoms with van der Waals surface area (Å²) in [6.07, 6.45) is 4.80. The van der Waals surface area contributed by atoms with Crippen molar-refractivity contribution in [2.24, 2.45) is 21.5 Å². The Bertz CT molecular complexity index is 786.